The van der Waals surface area contributed by atoms with Crippen molar-refractivity contribution in [1.82, 2.24) is 0 Å². The number of aromatic carboxylic acids is 1. The minimum atomic E-state index is -3.53. The number of nitrogens with one attached hydrogen (secondary N) is 1. The van der Waals surface area contributed by atoms with Gasteiger partial charge in [0.25, 0.3) is 0 Å². The molecule has 0 atom stereocenters. The standard InChI is InChI=1S/C20H22N2O5S/c23-19-9-12-22(13-10-19)18-7-5-17(6-8-18)21-28(26,27)14-11-15-1-3-16(4-2-15)20(24)25/h1-8,21H,9-14H2,(H,24,25). The van der Waals surface area contributed by atoms with Crippen LogP contribution in [-0.2, 0) is 21.2 Å². The van der Waals surface area contributed by atoms with Crippen LogP contribution < -0.4 is 9.62 Å². The Morgan fingerprint density at radius 1 is 1.00 bits per heavy atom. The number of hydrogen-bond donors (Lipinski definition) is 2. The van der Waals surface area contributed by atoms with Crippen molar-refractivity contribution in [2.45, 2.75) is 19.3 Å². The van der Waals surface area contributed by atoms with Crippen LogP contribution in [0.3, 0.4) is 0 Å². The average molecular weight is 402 g/mol. The number of piperidine rings is 1. The van der Waals surface area contributed by atoms with E-state index in [9.17, 15) is 18.0 Å². The molecule has 0 bridgehead atoms. The van der Waals surface area contributed by atoms with Crippen molar-refractivity contribution in [2.24, 2.45) is 0 Å². The van der Waals surface area contributed by atoms with Gasteiger partial charge < -0.3 is 10.0 Å². The number of ketones is 1. The van der Waals surface area contributed by atoms with E-state index >= 15 is 0 Å². The molecule has 2 aromatic rings. The third-order valence-corrected chi connectivity index (χ3v) is 5.98. The smallest absolute Gasteiger partial charge is 0.335 e. The van der Waals surface area contributed by atoms with E-state index in [0.717, 1.165) is 11.3 Å². The van der Waals surface area contributed by atoms with Gasteiger partial charge in [0, 0.05) is 37.3 Å². The molecule has 0 amide bonds. The zero-order chi connectivity index (χ0) is 20.1. The highest BCUT2D eigenvalue weighted by molar-refractivity contribution is 7.92. The van der Waals surface area contributed by atoms with Crippen LogP contribution in [-0.4, -0.2) is 44.1 Å². The highest BCUT2D eigenvalue weighted by Crippen LogP contribution is 2.21. The van der Waals surface area contributed by atoms with Crippen LogP contribution in [0.4, 0.5) is 11.4 Å². The Kier molecular flexibility index (Phi) is 5.99. The van der Waals surface area contributed by atoms with Crippen LogP contribution in [0.25, 0.3) is 0 Å². The fourth-order valence-electron chi connectivity index (χ4n) is 3.05. The topological polar surface area (TPSA) is 104 Å². The molecule has 0 aromatic heterocycles. The van der Waals surface area contributed by atoms with E-state index in [0.29, 0.717) is 31.6 Å². The number of benzene rings is 2. The minimum Gasteiger partial charge on any atom is -0.478 e. The second-order valence-electron chi connectivity index (χ2n) is 6.75. The molecule has 3 rings (SSSR count). The largest absolute Gasteiger partial charge is 0.478 e. The molecule has 7 nitrogen and oxygen atoms in total. The maximum atomic E-state index is 12.3. The summed E-state index contributed by atoms with van der Waals surface area (Å²) in [5, 5.41) is 8.89. The number of sulfonamides is 1. The van der Waals surface area contributed by atoms with Gasteiger partial charge in [-0.2, -0.15) is 0 Å². The fraction of sp³-hybridized carbons (Fsp3) is 0.300. The van der Waals surface area contributed by atoms with Gasteiger partial charge in [-0.1, -0.05) is 12.1 Å². The highest BCUT2D eigenvalue weighted by atomic mass is 32.2. The van der Waals surface area contributed by atoms with E-state index in [1.807, 2.05) is 12.1 Å². The lowest BCUT2D eigenvalue weighted by atomic mass is 10.1. The van der Waals surface area contributed by atoms with E-state index < -0.39 is 16.0 Å². The molecule has 1 fully saturated rings. The highest BCUT2D eigenvalue weighted by Gasteiger charge is 2.17. The average Bonchev–Trinajstić information content (AvgIpc) is 2.68. The molecule has 8 heteroatoms. The molecular weight excluding hydrogens is 380 g/mol. The molecule has 2 aromatic carbocycles. The van der Waals surface area contributed by atoms with E-state index in [4.69, 9.17) is 5.11 Å². The SMILES string of the molecule is O=C1CCN(c2ccc(NS(=O)(=O)CCc3ccc(C(=O)O)cc3)cc2)CC1. The molecule has 0 saturated carbocycles. The van der Waals surface area contributed by atoms with Gasteiger partial charge in [-0.3, -0.25) is 9.52 Å². The summed E-state index contributed by atoms with van der Waals surface area (Å²) in [6.45, 7) is 1.37. The third kappa shape index (κ3) is 5.32. The van der Waals surface area contributed by atoms with Gasteiger partial charge in [-0.15, -0.1) is 0 Å². The minimum absolute atomic E-state index is 0.102. The second-order valence-corrected chi connectivity index (χ2v) is 8.59. The van der Waals surface area contributed by atoms with Gasteiger partial charge in [0.2, 0.25) is 10.0 Å². The summed E-state index contributed by atoms with van der Waals surface area (Å²) < 4.78 is 27.2. The Morgan fingerprint density at radius 2 is 1.61 bits per heavy atom. The second kappa shape index (κ2) is 8.43. The number of rotatable bonds is 7. The van der Waals surface area contributed by atoms with Gasteiger partial charge in [-0.05, 0) is 48.4 Å². The molecule has 0 radical (unpaired) electrons. The van der Waals surface area contributed by atoms with Crippen LogP contribution in [0.5, 0.6) is 0 Å². The Bertz CT molecular complexity index is 943. The molecule has 1 heterocycles. The maximum Gasteiger partial charge on any atom is 0.335 e. The summed E-state index contributed by atoms with van der Waals surface area (Å²) in [4.78, 5) is 24.3. The van der Waals surface area contributed by atoms with Gasteiger partial charge in [0.1, 0.15) is 5.78 Å². The third-order valence-electron chi connectivity index (χ3n) is 4.69. The van der Waals surface area contributed by atoms with E-state index in [2.05, 4.69) is 9.62 Å². The molecule has 28 heavy (non-hydrogen) atoms. The van der Waals surface area contributed by atoms with Gasteiger partial charge >= 0.3 is 5.97 Å². The van der Waals surface area contributed by atoms with Crippen molar-refractivity contribution >= 4 is 33.2 Å². The summed E-state index contributed by atoms with van der Waals surface area (Å²) in [7, 11) is -3.53. The number of carboxylic acids is 1. The van der Waals surface area contributed by atoms with Crippen molar-refractivity contribution in [3.63, 3.8) is 0 Å². The number of hydrogen-bond acceptors (Lipinski definition) is 5. The van der Waals surface area contributed by atoms with Gasteiger partial charge in [-0.25, -0.2) is 13.2 Å². The first-order valence-corrected chi connectivity index (χ1v) is 10.7. The molecule has 1 aliphatic rings. The molecule has 148 valence electrons. The van der Waals surface area contributed by atoms with E-state index in [1.165, 1.54) is 12.1 Å². The molecule has 0 spiro atoms. The zero-order valence-corrected chi connectivity index (χ0v) is 16.1. The summed E-state index contributed by atoms with van der Waals surface area (Å²) in [6, 6.07) is 13.3. The van der Waals surface area contributed by atoms with Crippen LogP contribution in [0.15, 0.2) is 48.5 Å². The first kappa shape index (κ1) is 19.9. The lowest BCUT2D eigenvalue weighted by Crippen LogP contribution is -2.33. The number of Topliss-reactive ketones (excluding diaryl/α,β-unsaturated/α-hetero) is 1. The van der Waals surface area contributed by atoms with Crippen molar-refractivity contribution in [2.75, 3.05) is 28.5 Å². The van der Waals surface area contributed by atoms with Crippen molar-refractivity contribution in [1.29, 1.82) is 0 Å². The maximum absolute atomic E-state index is 12.3. The van der Waals surface area contributed by atoms with Gasteiger partial charge in [0.05, 0.1) is 11.3 Å². The monoisotopic (exact) mass is 402 g/mol. The number of carbonyl (C=O) groups is 2. The zero-order valence-electron chi connectivity index (χ0n) is 15.3. The Labute approximate surface area is 164 Å². The Balaban J connectivity index is 1.56. The Hall–Kier alpha value is -2.87. The molecule has 0 aliphatic carbocycles. The number of nitrogens with zero attached hydrogens (tertiary/aromatic N) is 1. The number of anilines is 2. The summed E-state index contributed by atoms with van der Waals surface area (Å²) in [6.07, 6.45) is 1.37. The van der Waals surface area contributed by atoms with E-state index in [-0.39, 0.29) is 23.5 Å². The van der Waals surface area contributed by atoms with Crippen LogP contribution >= 0.6 is 0 Å². The fourth-order valence-corrected chi connectivity index (χ4v) is 4.15. The number of aryl methyl sites for hydroxylation is 1. The lowest BCUT2D eigenvalue weighted by Gasteiger charge is -2.28. The van der Waals surface area contributed by atoms with Gasteiger partial charge in [0.15, 0.2) is 0 Å². The van der Waals surface area contributed by atoms with E-state index in [1.54, 1.807) is 24.3 Å². The number of carbonyl (C=O) groups excluding carboxylic acids is 1. The predicted octanol–water partition coefficient (Wildman–Crippen LogP) is 2.54. The Morgan fingerprint density at radius 3 is 2.18 bits per heavy atom. The summed E-state index contributed by atoms with van der Waals surface area (Å²) >= 11 is 0. The predicted molar refractivity (Wildman–Crippen MR) is 107 cm³/mol. The first-order chi connectivity index (χ1) is 13.3. The van der Waals surface area contributed by atoms with Crippen molar-refractivity contribution in [3.05, 3.63) is 59.7 Å². The van der Waals surface area contributed by atoms with Crippen LogP contribution in [0.2, 0.25) is 0 Å². The normalized spacial score (nSPS) is 14.7. The van der Waals surface area contributed by atoms with Crippen LogP contribution in [0.1, 0.15) is 28.8 Å². The molecule has 1 saturated heterocycles. The lowest BCUT2D eigenvalue weighted by molar-refractivity contribution is -0.119. The molecular formula is C20H22N2O5S. The molecule has 1 aliphatic heterocycles. The summed E-state index contributed by atoms with van der Waals surface area (Å²) in [5.41, 5.74) is 2.38. The first-order valence-electron chi connectivity index (χ1n) is 9.02. The molecule has 2 N–H and O–H groups in total. The van der Waals surface area contributed by atoms with Crippen molar-refractivity contribution in [3.8, 4) is 0 Å². The van der Waals surface area contributed by atoms with Crippen LogP contribution in [0, 0.1) is 0 Å². The number of carboxylic acid groups (broad SMARTS) is 1. The van der Waals surface area contributed by atoms with Crippen molar-refractivity contribution < 1.29 is 23.1 Å². The quantitative estimate of drug-likeness (QED) is 0.738. The molecule has 0 unspecified atom stereocenters. The summed E-state index contributed by atoms with van der Waals surface area (Å²) in [5.74, 6) is -0.839.